The van der Waals surface area contributed by atoms with Crippen molar-refractivity contribution in [1.82, 2.24) is 4.72 Å². The van der Waals surface area contributed by atoms with Gasteiger partial charge in [-0.25, -0.2) is 17.5 Å². The summed E-state index contributed by atoms with van der Waals surface area (Å²) >= 11 is 0. The zero-order valence-corrected chi connectivity index (χ0v) is 16.7. The van der Waals surface area contributed by atoms with Gasteiger partial charge in [0.2, 0.25) is 10.0 Å². The third-order valence-electron chi connectivity index (χ3n) is 4.07. The van der Waals surface area contributed by atoms with Crippen LogP contribution in [0.5, 0.6) is 11.5 Å². The minimum atomic E-state index is -3.59. The van der Waals surface area contributed by atoms with E-state index in [0.29, 0.717) is 23.7 Å². The molecule has 27 heavy (non-hydrogen) atoms. The lowest BCUT2D eigenvalue weighted by atomic mass is 10.1. The van der Waals surface area contributed by atoms with Gasteiger partial charge in [0.1, 0.15) is 5.82 Å². The number of ether oxygens (including phenoxy) is 2. The van der Waals surface area contributed by atoms with E-state index in [9.17, 15) is 12.8 Å². The van der Waals surface area contributed by atoms with E-state index in [4.69, 9.17) is 9.47 Å². The topological polar surface area (TPSA) is 64.6 Å². The largest absolute Gasteiger partial charge is 0.493 e. The van der Waals surface area contributed by atoms with Crippen molar-refractivity contribution in [3.05, 3.63) is 59.4 Å². The van der Waals surface area contributed by atoms with Crippen molar-refractivity contribution in [1.29, 1.82) is 0 Å². The van der Waals surface area contributed by atoms with Crippen molar-refractivity contribution < 1.29 is 22.3 Å². The molecule has 5 nitrogen and oxygen atoms in total. The van der Waals surface area contributed by atoms with Crippen molar-refractivity contribution in [2.24, 2.45) is 0 Å². The second kappa shape index (κ2) is 9.71. The number of rotatable bonds is 10. The predicted molar refractivity (Wildman–Crippen MR) is 104 cm³/mol. The quantitative estimate of drug-likeness (QED) is 0.613. The lowest BCUT2D eigenvalue weighted by Crippen LogP contribution is -2.28. The summed E-state index contributed by atoms with van der Waals surface area (Å²) < 4.78 is 51.5. The van der Waals surface area contributed by atoms with Gasteiger partial charge in [-0.15, -0.1) is 0 Å². The molecule has 2 aromatic carbocycles. The Hall–Kier alpha value is -2.12. The molecule has 0 saturated carbocycles. The molecule has 0 amide bonds. The Bertz CT molecular complexity index is 838. The van der Waals surface area contributed by atoms with Crippen molar-refractivity contribution >= 4 is 10.0 Å². The Morgan fingerprint density at radius 3 is 2.44 bits per heavy atom. The summed E-state index contributed by atoms with van der Waals surface area (Å²) in [7, 11) is -2.04. The van der Waals surface area contributed by atoms with E-state index in [1.165, 1.54) is 24.3 Å². The summed E-state index contributed by atoms with van der Waals surface area (Å²) in [5.74, 6) is 0.586. The Balaban J connectivity index is 2.07. The Labute approximate surface area is 160 Å². The summed E-state index contributed by atoms with van der Waals surface area (Å²) in [5.41, 5.74) is 1.28. The summed E-state index contributed by atoms with van der Waals surface area (Å²) in [4.78, 5) is 0. The van der Waals surface area contributed by atoms with Crippen molar-refractivity contribution in [3.63, 3.8) is 0 Å². The monoisotopic (exact) mass is 395 g/mol. The van der Waals surface area contributed by atoms with Gasteiger partial charge in [0, 0.05) is 6.04 Å². The van der Waals surface area contributed by atoms with E-state index in [1.807, 2.05) is 6.07 Å². The average molecular weight is 395 g/mol. The molecule has 0 saturated heterocycles. The van der Waals surface area contributed by atoms with Gasteiger partial charge in [-0.3, -0.25) is 0 Å². The smallest absolute Gasteiger partial charge is 0.216 e. The number of hydrogen-bond donors (Lipinski definition) is 1. The maximum absolute atomic E-state index is 13.0. The Morgan fingerprint density at radius 1 is 1.11 bits per heavy atom. The van der Waals surface area contributed by atoms with E-state index in [1.54, 1.807) is 26.2 Å². The van der Waals surface area contributed by atoms with Gasteiger partial charge in [-0.05, 0) is 48.7 Å². The minimum absolute atomic E-state index is 0.215. The number of hydrogen-bond acceptors (Lipinski definition) is 4. The van der Waals surface area contributed by atoms with Crippen molar-refractivity contribution in [2.45, 2.75) is 38.5 Å². The molecule has 1 unspecified atom stereocenters. The van der Waals surface area contributed by atoms with Crippen LogP contribution < -0.4 is 14.2 Å². The third kappa shape index (κ3) is 6.52. The van der Waals surface area contributed by atoms with Gasteiger partial charge in [0.15, 0.2) is 11.5 Å². The normalized spacial score (nSPS) is 12.6. The molecule has 0 radical (unpaired) electrons. The molecule has 148 valence electrons. The highest BCUT2D eigenvalue weighted by Crippen LogP contribution is 2.30. The van der Waals surface area contributed by atoms with Crippen LogP contribution >= 0.6 is 0 Å². The SMILES string of the molecule is CCCCOc1ccc(C(C)NS(=O)(=O)Cc2ccc(F)cc2)cc1OC. The van der Waals surface area contributed by atoms with Gasteiger partial charge in [-0.2, -0.15) is 0 Å². The minimum Gasteiger partial charge on any atom is -0.493 e. The lowest BCUT2D eigenvalue weighted by molar-refractivity contribution is 0.288. The van der Waals surface area contributed by atoms with Crippen LogP contribution in [0.2, 0.25) is 0 Å². The standard InChI is InChI=1S/C20H26FNO4S/c1-4-5-12-26-19-11-8-17(13-20(19)25-3)15(2)22-27(23,24)14-16-6-9-18(21)10-7-16/h6-11,13,15,22H,4-5,12,14H2,1-3H3. The number of halogens is 1. The molecular formula is C20H26FNO4S. The van der Waals surface area contributed by atoms with Crippen molar-refractivity contribution in [2.75, 3.05) is 13.7 Å². The molecule has 0 bridgehead atoms. The van der Waals surface area contributed by atoms with Gasteiger partial charge in [0.25, 0.3) is 0 Å². The molecule has 2 aromatic rings. The fourth-order valence-corrected chi connectivity index (χ4v) is 3.97. The summed E-state index contributed by atoms with van der Waals surface area (Å²) in [6, 6.07) is 10.3. The first-order chi connectivity index (χ1) is 12.8. The van der Waals surface area contributed by atoms with Crippen LogP contribution in [0.15, 0.2) is 42.5 Å². The lowest BCUT2D eigenvalue weighted by Gasteiger charge is -2.17. The molecule has 0 aliphatic rings. The number of unbranched alkanes of at least 4 members (excludes halogenated alkanes) is 1. The number of nitrogens with one attached hydrogen (secondary N) is 1. The summed E-state index contributed by atoms with van der Waals surface area (Å²) in [5, 5.41) is 0. The fraction of sp³-hybridized carbons (Fsp3) is 0.400. The first kappa shape index (κ1) is 21.2. The van der Waals surface area contributed by atoms with Crippen LogP contribution in [0.25, 0.3) is 0 Å². The fourth-order valence-electron chi connectivity index (χ4n) is 2.58. The van der Waals surface area contributed by atoms with E-state index in [2.05, 4.69) is 11.6 Å². The van der Waals surface area contributed by atoms with Crippen LogP contribution in [0.1, 0.15) is 43.9 Å². The zero-order valence-electron chi connectivity index (χ0n) is 15.9. The molecule has 7 heteroatoms. The first-order valence-electron chi connectivity index (χ1n) is 8.90. The molecule has 0 aliphatic heterocycles. The van der Waals surface area contributed by atoms with Crippen LogP contribution in [0.3, 0.4) is 0 Å². The van der Waals surface area contributed by atoms with Crippen LogP contribution in [0, 0.1) is 5.82 Å². The van der Waals surface area contributed by atoms with Crippen LogP contribution in [-0.4, -0.2) is 22.1 Å². The van der Waals surface area contributed by atoms with E-state index >= 15 is 0 Å². The van der Waals surface area contributed by atoms with E-state index in [-0.39, 0.29) is 5.75 Å². The molecule has 0 aliphatic carbocycles. The average Bonchev–Trinajstić information content (AvgIpc) is 2.63. The Kier molecular flexibility index (Phi) is 7.62. The van der Waals surface area contributed by atoms with Gasteiger partial charge in [-0.1, -0.05) is 31.5 Å². The third-order valence-corrected chi connectivity index (χ3v) is 5.50. The molecular weight excluding hydrogens is 369 g/mol. The van der Waals surface area contributed by atoms with Gasteiger partial charge in [0.05, 0.1) is 19.5 Å². The number of benzene rings is 2. The second-order valence-corrected chi connectivity index (χ2v) is 8.09. The summed E-state index contributed by atoms with van der Waals surface area (Å²) in [6.45, 7) is 4.45. The number of methoxy groups -OCH3 is 1. The van der Waals surface area contributed by atoms with Crippen molar-refractivity contribution in [3.8, 4) is 11.5 Å². The highest BCUT2D eigenvalue weighted by molar-refractivity contribution is 7.88. The zero-order chi connectivity index (χ0) is 19.9. The van der Waals surface area contributed by atoms with Crippen LogP contribution in [0.4, 0.5) is 4.39 Å². The molecule has 1 N–H and O–H groups in total. The summed E-state index contributed by atoms with van der Waals surface area (Å²) in [6.07, 6.45) is 1.98. The maximum atomic E-state index is 13.0. The predicted octanol–water partition coefficient (Wildman–Crippen LogP) is 4.19. The second-order valence-electron chi connectivity index (χ2n) is 6.34. The Morgan fingerprint density at radius 2 is 1.81 bits per heavy atom. The molecule has 1 atom stereocenters. The molecule has 0 heterocycles. The van der Waals surface area contributed by atoms with Gasteiger partial charge < -0.3 is 9.47 Å². The number of sulfonamides is 1. The molecule has 0 aromatic heterocycles. The molecule has 0 fully saturated rings. The van der Waals surface area contributed by atoms with Gasteiger partial charge >= 0.3 is 0 Å². The highest BCUT2D eigenvalue weighted by atomic mass is 32.2. The van der Waals surface area contributed by atoms with E-state index < -0.39 is 21.9 Å². The maximum Gasteiger partial charge on any atom is 0.216 e. The van der Waals surface area contributed by atoms with Crippen LogP contribution in [-0.2, 0) is 15.8 Å². The highest BCUT2D eigenvalue weighted by Gasteiger charge is 2.18. The first-order valence-corrected chi connectivity index (χ1v) is 10.5. The molecule has 0 spiro atoms. The molecule has 2 rings (SSSR count). The van der Waals surface area contributed by atoms with E-state index in [0.717, 1.165) is 18.4 Å².